The van der Waals surface area contributed by atoms with Gasteiger partial charge >= 0.3 is 0 Å². The molecule has 1 rings (SSSR count). The summed E-state index contributed by atoms with van der Waals surface area (Å²) in [6.07, 6.45) is 2.34. The zero-order valence-corrected chi connectivity index (χ0v) is 14.4. The van der Waals surface area contributed by atoms with Crippen molar-refractivity contribution in [2.75, 3.05) is 6.54 Å². The van der Waals surface area contributed by atoms with Gasteiger partial charge in [-0.15, -0.1) is 0 Å². The third-order valence-corrected chi connectivity index (χ3v) is 4.26. The van der Waals surface area contributed by atoms with Crippen LogP contribution in [-0.4, -0.2) is 18.5 Å². The van der Waals surface area contributed by atoms with Crippen LogP contribution >= 0.6 is 23.2 Å². The van der Waals surface area contributed by atoms with Gasteiger partial charge in [0.05, 0.1) is 10.0 Å². The van der Waals surface area contributed by atoms with Gasteiger partial charge in [0.25, 0.3) is 0 Å². The monoisotopic (exact) mass is 330 g/mol. The lowest BCUT2D eigenvalue weighted by Gasteiger charge is -2.18. The molecule has 0 saturated heterocycles. The Morgan fingerprint density at radius 1 is 1.19 bits per heavy atom. The molecule has 0 heterocycles. The van der Waals surface area contributed by atoms with E-state index in [-0.39, 0.29) is 18.0 Å². The Bertz CT molecular complexity index is 466. The van der Waals surface area contributed by atoms with Crippen LogP contribution in [0.25, 0.3) is 0 Å². The van der Waals surface area contributed by atoms with Crippen molar-refractivity contribution in [1.29, 1.82) is 0 Å². The maximum absolute atomic E-state index is 11.7. The second kappa shape index (κ2) is 9.29. The maximum atomic E-state index is 11.7. The van der Waals surface area contributed by atoms with Crippen molar-refractivity contribution in [3.05, 3.63) is 33.8 Å². The summed E-state index contributed by atoms with van der Waals surface area (Å²) < 4.78 is 0. The summed E-state index contributed by atoms with van der Waals surface area (Å²) in [6.45, 7) is 6.80. The van der Waals surface area contributed by atoms with Crippen molar-refractivity contribution in [2.45, 2.75) is 52.1 Å². The highest BCUT2D eigenvalue weighted by Gasteiger charge is 2.11. The van der Waals surface area contributed by atoms with E-state index in [1.807, 2.05) is 19.1 Å². The van der Waals surface area contributed by atoms with Crippen LogP contribution in [0, 0.1) is 0 Å². The van der Waals surface area contributed by atoms with E-state index in [2.05, 4.69) is 24.5 Å². The highest BCUT2D eigenvalue weighted by atomic mass is 35.5. The first kappa shape index (κ1) is 18.3. The molecule has 1 amide bonds. The first-order valence-corrected chi connectivity index (χ1v) is 8.21. The molecule has 21 heavy (non-hydrogen) atoms. The van der Waals surface area contributed by atoms with Crippen molar-refractivity contribution in [2.24, 2.45) is 0 Å². The topological polar surface area (TPSA) is 41.1 Å². The first-order valence-electron chi connectivity index (χ1n) is 7.45. The third kappa shape index (κ3) is 6.25. The molecule has 0 bridgehead atoms. The van der Waals surface area contributed by atoms with E-state index in [1.165, 1.54) is 0 Å². The molecule has 0 spiro atoms. The molecule has 1 aromatic rings. The molecular weight excluding hydrogens is 307 g/mol. The highest BCUT2D eigenvalue weighted by molar-refractivity contribution is 6.42. The van der Waals surface area contributed by atoms with Crippen molar-refractivity contribution in [3.8, 4) is 0 Å². The number of hydrogen-bond acceptors (Lipinski definition) is 2. The molecule has 5 heteroatoms. The van der Waals surface area contributed by atoms with Crippen LogP contribution in [0.2, 0.25) is 10.0 Å². The zero-order chi connectivity index (χ0) is 15.8. The predicted octanol–water partition coefficient (Wildman–Crippen LogP) is 4.34. The molecule has 3 nitrogen and oxygen atoms in total. The van der Waals surface area contributed by atoms with E-state index in [9.17, 15) is 4.79 Å². The lowest BCUT2D eigenvalue weighted by molar-refractivity contribution is -0.121. The van der Waals surface area contributed by atoms with Gasteiger partial charge in [0.15, 0.2) is 0 Å². The smallest absolute Gasteiger partial charge is 0.221 e. The molecule has 0 aliphatic rings. The van der Waals surface area contributed by atoms with Crippen molar-refractivity contribution in [3.63, 3.8) is 0 Å². The third-order valence-electron chi connectivity index (χ3n) is 3.52. The van der Waals surface area contributed by atoms with E-state index in [0.717, 1.165) is 18.4 Å². The minimum Gasteiger partial charge on any atom is -0.354 e. The molecule has 0 saturated carbocycles. The Morgan fingerprint density at radius 3 is 2.48 bits per heavy atom. The van der Waals surface area contributed by atoms with E-state index < -0.39 is 0 Å². The molecule has 1 aromatic carbocycles. The Morgan fingerprint density at radius 2 is 1.90 bits per heavy atom. The molecule has 0 radical (unpaired) electrons. The molecule has 0 fully saturated rings. The van der Waals surface area contributed by atoms with E-state index in [4.69, 9.17) is 23.2 Å². The van der Waals surface area contributed by atoms with Crippen molar-refractivity contribution in [1.82, 2.24) is 10.6 Å². The standard InChI is InChI=1S/C16H24Cl2N2O/c1-4-11(3)20-16(21)8-9-19-15(5-2)12-6-7-13(17)14(18)10-12/h6-7,10-11,15,19H,4-5,8-9H2,1-3H3,(H,20,21). The lowest BCUT2D eigenvalue weighted by atomic mass is 10.0. The highest BCUT2D eigenvalue weighted by Crippen LogP contribution is 2.26. The summed E-state index contributed by atoms with van der Waals surface area (Å²) >= 11 is 12.0. The number of carbonyl (C=O) groups is 1. The molecule has 2 atom stereocenters. The Hall–Kier alpha value is -0.770. The summed E-state index contributed by atoms with van der Waals surface area (Å²) in [6, 6.07) is 6.06. The summed E-state index contributed by atoms with van der Waals surface area (Å²) in [5.41, 5.74) is 1.09. The lowest BCUT2D eigenvalue weighted by Crippen LogP contribution is -2.34. The molecule has 2 unspecified atom stereocenters. The average Bonchev–Trinajstić information content (AvgIpc) is 2.46. The molecule has 0 aliphatic carbocycles. The summed E-state index contributed by atoms with van der Waals surface area (Å²) in [7, 11) is 0. The van der Waals surface area contributed by atoms with Gasteiger partial charge in [-0.2, -0.15) is 0 Å². The fourth-order valence-electron chi connectivity index (χ4n) is 2.04. The summed E-state index contributed by atoms with van der Waals surface area (Å²) in [5, 5.41) is 7.47. The number of benzene rings is 1. The number of carbonyl (C=O) groups excluding carboxylic acids is 1. The van der Waals surface area contributed by atoms with Crippen LogP contribution in [0.5, 0.6) is 0 Å². The minimum absolute atomic E-state index is 0.0841. The van der Waals surface area contributed by atoms with Crippen LogP contribution in [0.15, 0.2) is 18.2 Å². The van der Waals surface area contributed by atoms with E-state index in [0.29, 0.717) is 23.0 Å². The number of rotatable bonds is 8. The number of amides is 1. The van der Waals surface area contributed by atoms with Crippen LogP contribution in [0.1, 0.15) is 51.6 Å². The summed E-state index contributed by atoms with van der Waals surface area (Å²) in [5.74, 6) is 0.0841. The SMILES string of the molecule is CCC(C)NC(=O)CCNC(CC)c1ccc(Cl)c(Cl)c1. The second-order valence-electron chi connectivity index (χ2n) is 5.22. The number of nitrogens with one attached hydrogen (secondary N) is 2. The van der Waals surface area contributed by atoms with Crippen LogP contribution < -0.4 is 10.6 Å². The van der Waals surface area contributed by atoms with Gasteiger partial charge in [-0.1, -0.05) is 43.1 Å². The van der Waals surface area contributed by atoms with Crippen molar-refractivity contribution < 1.29 is 4.79 Å². The molecule has 2 N–H and O–H groups in total. The first-order chi connectivity index (χ1) is 9.97. The zero-order valence-electron chi connectivity index (χ0n) is 12.9. The molecule has 118 valence electrons. The number of halogens is 2. The Balaban J connectivity index is 2.47. The molecule has 0 aliphatic heterocycles. The van der Waals surface area contributed by atoms with Crippen molar-refractivity contribution >= 4 is 29.1 Å². The summed E-state index contributed by atoms with van der Waals surface area (Å²) in [4.78, 5) is 11.7. The molecular formula is C16H24Cl2N2O. The van der Waals surface area contributed by atoms with Crippen LogP contribution in [0.3, 0.4) is 0 Å². The normalized spacial score (nSPS) is 13.8. The minimum atomic E-state index is 0.0841. The van der Waals surface area contributed by atoms with E-state index in [1.54, 1.807) is 6.07 Å². The Kier molecular flexibility index (Phi) is 8.09. The van der Waals surface area contributed by atoms with Crippen LogP contribution in [0.4, 0.5) is 0 Å². The van der Waals surface area contributed by atoms with Gasteiger partial charge in [-0.25, -0.2) is 0 Å². The van der Waals surface area contributed by atoms with Gasteiger partial charge in [-0.05, 0) is 37.5 Å². The largest absolute Gasteiger partial charge is 0.354 e. The molecule has 0 aromatic heterocycles. The van der Waals surface area contributed by atoms with Gasteiger partial charge in [0.1, 0.15) is 0 Å². The average molecular weight is 331 g/mol. The van der Waals surface area contributed by atoms with Gasteiger partial charge < -0.3 is 10.6 Å². The van der Waals surface area contributed by atoms with Gasteiger partial charge in [-0.3, -0.25) is 4.79 Å². The number of hydrogen-bond donors (Lipinski definition) is 2. The van der Waals surface area contributed by atoms with E-state index >= 15 is 0 Å². The van der Waals surface area contributed by atoms with Crippen LogP contribution in [-0.2, 0) is 4.79 Å². The quantitative estimate of drug-likeness (QED) is 0.744. The maximum Gasteiger partial charge on any atom is 0.221 e. The fourth-order valence-corrected chi connectivity index (χ4v) is 2.34. The Labute approximate surface area is 137 Å². The van der Waals surface area contributed by atoms with Gasteiger partial charge in [0.2, 0.25) is 5.91 Å². The van der Waals surface area contributed by atoms with Gasteiger partial charge in [0, 0.05) is 25.0 Å². The predicted molar refractivity (Wildman–Crippen MR) is 90.0 cm³/mol. The second-order valence-corrected chi connectivity index (χ2v) is 6.03. The fraction of sp³-hybridized carbons (Fsp3) is 0.562.